The molecule has 0 unspecified atom stereocenters. The van der Waals surface area contributed by atoms with Gasteiger partial charge in [-0.15, -0.1) is 0 Å². The fourth-order valence-corrected chi connectivity index (χ4v) is 2.44. The zero-order chi connectivity index (χ0) is 15.7. The molecule has 0 radical (unpaired) electrons. The number of nitrogens with one attached hydrogen (secondary N) is 1. The third-order valence-corrected chi connectivity index (χ3v) is 3.79. The van der Waals surface area contributed by atoms with Crippen LogP contribution < -0.4 is 5.32 Å². The first-order valence-corrected chi connectivity index (χ1v) is 8.30. The van der Waals surface area contributed by atoms with Gasteiger partial charge in [0, 0.05) is 17.5 Å². The second-order valence-corrected chi connectivity index (χ2v) is 6.65. The van der Waals surface area contributed by atoms with Gasteiger partial charge in [-0.05, 0) is 30.3 Å². The number of carbonyl (C=O) groups is 1. The third-order valence-electron chi connectivity index (χ3n) is 2.98. The standard InChI is InChI=1S/C15H12N2O4S/c1-22(19,20)15-17-12-9-11(7-8-13(12)21-15)16-14(18)10-5-3-2-4-6-10/h2-9H,1H3,(H,16,18). The maximum atomic E-state index is 12.1. The maximum Gasteiger partial charge on any atom is 0.315 e. The van der Waals surface area contributed by atoms with Gasteiger partial charge in [0.15, 0.2) is 5.58 Å². The Kier molecular flexibility index (Phi) is 3.42. The zero-order valence-corrected chi connectivity index (χ0v) is 12.4. The van der Waals surface area contributed by atoms with E-state index in [0.717, 1.165) is 6.26 Å². The molecule has 1 heterocycles. The molecule has 0 aliphatic rings. The van der Waals surface area contributed by atoms with Crippen LogP contribution in [0.25, 0.3) is 11.1 Å². The molecule has 3 aromatic rings. The number of rotatable bonds is 3. The van der Waals surface area contributed by atoms with Gasteiger partial charge in [-0.1, -0.05) is 18.2 Å². The smallest absolute Gasteiger partial charge is 0.315 e. The van der Waals surface area contributed by atoms with Crippen molar-refractivity contribution in [1.82, 2.24) is 4.98 Å². The molecular weight excluding hydrogens is 304 g/mol. The summed E-state index contributed by atoms with van der Waals surface area (Å²) in [7, 11) is -3.51. The lowest BCUT2D eigenvalue weighted by Gasteiger charge is -2.04. The van der Waals surface area contributed by atoms with Gasteiger partial charge in [0.05, 0.1) is 0 Å². The second kappa shape index (κ2) is 5.27. The molecule has 0 spiro atoms. The van der Waals surface area contributed by atoms with Crippen molar-refractivity contribution in [2.75, 3.05) is 11.6 Å². The highest BCUT2D eigenvalue weighted by Gasteiger charge is 2.16. The van der Waals surface area contributed by atoms with Crippen molar-refractivity contribution < 1.29 is 17.6 Å². The highest BCUT2D eigenvalue weighted by atomic mass is 32.2. The minimum Gasteiger partial charge on any atom is -0.428 e. The summed E-state index contributed by atoms with van der Waals surface area (Å²) >= 11 is 0. The number of hydrogen-bond acceptors (Lipinski definition) is 5. The maximum absolute atomic E-state index is 12.1. The van der Waals surface area contributed by atoms with E-state index in [1.54, 1.807) is 42.5 Å². The lowest BCUT2D eigenvalue weighted by molar-refractivity contribution is 0.102. The topological polar surface area (TPSA) is 89.3 Å². The molecule has 1 aromatic heterocycles. The molecule has 0 atom stereocenters. The number of anilines is 1. The first-order chi connectivity index (χ1) is 10.4. The van der Waals surface area contributed by atoms with Gasteiger partial charge in [0.1, 0.15) is 5.52 Å². The number of amides is 1. The highest BCUT2D eigenvalue weighted by molar-refractivity contribution is 7.90. The molecule has 2 aromatic carbocycles. The largest absolute Gasteiger partial charge is 0.428 e. The Hall–Kier alpha value is -2.67. The Morgan fingerprint density at radius 3 is 2.55 bits per heavy atom. The number of aromatic nitrogens is 1. The van der Waals surface area contributed by atoms with Crippen LogP contribution in [-0.2, 0) is 9.84 Å². The van der Waals surface area contributed by atoms with Crippen LogP contribution >= 0.6 is 0 Å². The molecule has 1 N–H and O–H groups in total. The Morgan fingerprint density at radius 1 is 1.14 bits per heavy atom. The molecule has 112 valence electrons. The van der Waals surface area contributed by atoms with E-state index < -0.39 is 9.84 Å². The van der Waals surface area contributed by atoms with Gasteiger partial charge in [0.2, 0.25) is 9.84 Å². The second-order valence-electron chi connectivity index (χ2n) is 4.75. The molecule has 0 aliphatic heterocycles. The van der Waals surface area contributed by atoms with Crippen LogP contribution in [0.4, 0.5) is 5.69 Å². The molecular formula is C15H12N2O4S. The normalized spacial score (nSPS) is 11.5. The highest BCUT2D eigenvalue weighted by Crippen LogP contribution is 2.22. The number of sulfone groups is 1. The number of fused-ring (bicyclic) bond motifs is 1. The number of benzene rings is 2. The Balaban J connectivity index is 1.91. The first kappa shape index (κ1) is 14.3. The summed E-state index contributed by atoms with van der Waals surface area (Å²) in [6.45, 7) is 0. The van der Waals surface area contributed by atoms with Gasteiger partial charge >= 0.3 is 5.22 Å². The average Bonchev–Trinajstić information content (AvgIpc) is 2.91. The molecule has 6 nitrogen and oxygen atoms in total. The summed E-state index contributed by atoms with van der Waals surface area (Å²) in [5.74, 6) is -0.258. The number of carbonyl (C=O) groups excluding carboxylic acids is 1. The average molecular weight is 316 g/mol. The fraction of sp³-hybridized carbons (Fsp3) is 0.0667. The Labute approximate surface area is 126 Å². The van der Waals surface area contributed by atoms with Crippen molar-refractivity contribution in [3.8, 4) is 0 Å². The third kappa shape index (κ3) is 2.84. The quantitative estimate of drug-likeness (QED) is 0.802. The van der Waals surface area contributed by atoms with Crippen molar-refractivity contribution in [3.05, 3.63) is 54.1 Å². The lowest BCUT2D eigenvalue weighted by atomic mass is 10.2. The van der Waals surface area contributed by atoms with E-state index in [-0.39, 0.29) is 11.1 Å². The molecule has 0 saturated carbocycles. The van der Waals surface area contributed by atoms with Crippen LogP contribution in [0.5, 0.6) is 0 Å². The van der Waals surface area contributed by atoms with Gasteiger partial charge < -0.3 is 9.73 Å². The van der Waals surface area contributed by atoms with Crippen molar-refractivity contribution in [2.45, 2.75) is 5.22 Å². The van der Waals surface area contributed by atoms with Gasteiger partial charge in [-0.25, -0.2) is 8.42 Å². The van der Waals surface area contributed by atoms with E-state index >= 15 is 0 Å². The lowest BCUT2D eigenvalue weighted by Crippen LogP contribution is -2.11. The van der Waals surface area contributed by atoms with Crippen molar-refractivity contribution in [1.29, 1.82) is 0 Å². The van der Waals surface area contributed by atoms with Crippen LogP contribution in [0, 0.1) is 0 Å². The van der Waals surface area contributed by atoms with Crippen molar-refractivity contribution >= 4 is 32.5 Å². The van der Waals surface area contributed by atoms with Gasteiger partial charge in [-0.2, -0.15) is 4.98 Å². The fourth-order valence-electron chi connectivity index (χ4n) is 1.94. The van der Waals surface area contributed by atoms with Crippen LogP contribution in [0.15, 0.2) is 58.2 Å². The summed E-state index contributed by atoms with van der Waals surface area (Å²) in [5, 5.41) is 2.39. The van der Waals surface area contributed by atoms with Crippen LogP contribution in [0.2, 0.25) is 0 Å². The molecule has 0 saturated heterocycles. The van der Waals surface area contributed by atoms with Gasteiger partial charge in [0.25, 0.3) is 5.91 Å². The van der Waals surface area contributed by atoms with Crippen molar-refractivity contribution in [2.24, 2.45) is 0 Å². The minimum atomic E-state index is -3.51. The predicted octanol–water partition coefficient (Wildman–Crippen LogP) is 2.48. The van der Waals surface area contributed by atoms with E-state index in [2.05, 4.69) is 10.3 Å². The summed E-state index contributed by atoms with van der Waals surface area (Å²) in [6, 6.07) is 13.5. The summed E-state index contributed by atoms with van der Waals surface area (Å²) < 4.78 is 28.0. The SMILES string of the molecule is CS(=O)(=O)c1nc2cc(NC(=O)c3ccccc3)ccc2o1. The summed E-state index contributed by atoms with van der Waals surface area (Å²) in [5.41, 5.74) is 1.75. The number of oxazole rings is 1. The Morgan fingerprint density at radius 2 is 1.86 bits per heavy atom. The minimum absolute atomic E-state index is 0.258. The predicted molar refractivity (Wildman–Crippen MR) is 81.5 cm³/mol. The monoisotopic (exact) mass is 316 g/mol. The zero-order valence-electron chi connectivity index (χ0n) is 11.6. The number of nitrogens with zero attached hydrogens (tertiary/aromatic N) is 1. The van der Waals surface area contributed by atoms with Crippen LogP contribution in [0.3, 0.4) is 0 Å². The number of hydrogen-bond donors (Lipinski definition) is 1. The van der Waals surface area contributed by atoms with E-state index in [1.807, 2.05) is 6.07 Å². The molecule has 22 heavy (non-hydrogen) atoms. The molecule has 7 heteroatoms. The summed E-state index contributed by atoms with van der Waals surface area (Å²) in [6.07, 6.45) is 1.02. The molecule has 1 amide bonds. The van der Waals surface area contributed by atoms with Gasteiger partial charge in [-0.3, -0.25) is 4.79 Å². The van der Waals surface area contributed by atoms with E-state index in [0.29, 0.717) is 22.4 Å². The molecule has 0 bridgehead atoms. The summed E-state index contributed by atoms with van der Waals surface area (Å²) in [4.78, 5) is 16.0. The van der Waals surface area contributed by atoms with Crippen molar-refractivity contribution in [3.63, 3.8) is 0 Å². The Bertz CT molecular complexity index is 946. The first-order valence-electron chi connectivity index (χ1n) is 6.40. The van der Waals surface area contributed by atoms with E-state index in [1.165, 1.54) is 0 Å². The molecule has 3 rings (SSSR count). The van der Waals surface area contributed by atoms with Crippen LogP contribution in [-0.4, -0.2) is 25.6 Å². The molecule has 0 aliphatic carbocycles. The molecule has 0 fully saturated rings. The van der Waals surface area contributed by atoms with E-state index in [9.17, 15) is 13.2 Å². The van der Waals surface area contributed by atoms with Crippen LogP contribution in [0.1, 0.15) is 10.4 Å². The van der Waals surface area contributed by atoms with E-state index in [4.69, 9.17) is 4.42 Å².